The highest BCUT2D eigenvalue weighted by atomic mass is 19.1. The zero-order valence-corrected chi connectivity index (χ0v) is 18.4. The summed E-state index contributed by atoms with van der Waals surface area (Å²) in [7, 11) is 4.27. The molecule has 2 aromatic carbocycles. The summed E-state index contributed by atoms with van der Waals surface area (Å²) >= 11 is 0. The third-order valence-corrected chi connectivity index (χ3v) is 9.24. The normalized spacial score (nSPS) is 33.3. The molecule has 6 rings (SSSR count). The molecule has 2 fully saturated rings. The lowest BCUT2D eigenvalue weighted by molar-refractivity contribution is 0.0312. The average molecular weight is 431 g/mol. The fraction of sp³-hybridized carbons (Fsp3) is 0.423. The number of imide groups is 1. The first kappa shape index (κ1) is 19.6. The van der Waals surface area contributed by atoms with Crippen LogP contribution in [0.3, 0.4) is 0 Å². The minimum Gasteiger partial charge on any atom is -0.288 e. The third-order valence-electron chi connectivity index (χ3n) is 9.24. The Hall–Kier alpha value is -3.04. The van der Waals surface area contributed by atoms with E-state index in [-0.39, 0.29) is 23.3 Å². The van der Waals surface area contributed by atoms with Crippen molar-refractivity contribution in [3.05, 3.63) is 64.0 Å². The van der Waals surface area contributed by atoms with Crippen molar-refractivity contribution in [3.8, 4) is 6.07 Å². The maximum Gasteiger partial charge on any atom is 0.259 e. The number of rotatable bonds is 1. The van der Waals surface area contributed by atoms with Crippen molar-refractivity contribution >= 4 is 17.5 Å². The number of hydrogen-bond donors (Lipinski definition) is 1. The smallest absolute Gasteiger partial charge is 0.259 e. The summed E-state index contributed by atoms with van der Waals surface area (Å²) in [4.78, 5) is 24.9. The Kier molecular flexibility index (Phi) is 3.71. The standard InChI is InChI=1S/C26H24FN3O2/c1-26(16-6-7-20(27)15(9-16)12-28)23-14-5-4-13(8-14)22(23)19-10-17-18(25(32)29-24(17)31)11-21(19)30(26,2)3/h6-7,9-11,13-14,22-23H,4-5,8H2,1-3H3/p+1/t13-,14+,22-,23-,26?/m1/s1. The van der Waals surface area contributed by atoms with E-state index in [0.29, 0.717) is 33.4 Å². The zero-order chi connectivity index (χ0) is 22.6. The minimum atomic E-state index is -0.501. The van der Waals surface area contributed by atoms with Gasteiger partial charge in [0.15, 0.2) is 0 Å². The van der Waals surface area contributed by atoms with Gasteiger partial charge in [0, 0.05) is 29.0 Å². The molecule has 0 aromatic heterocycles. The first-order chi connectivity index (χ1) is 15.2. The van der Waals surface area contributed by atoms with Crippen molar-refractivity contribution in [3.63, 3.8) is 0 Å². The highest BCUT2D eigenvalue weighted by Gasteiger charge is 2.66. The second-order valence-corrected chi connectivity index (χ2v) is 10.5. The van der Waals surface area contributed by atoms with Gasteiger partial charge in [-0.25, -0.2) is 4.39 Å². The molecular weight excluding hydrogens is 405 g/mol. The Morgan fingerprint density at radius 1 is 1.09 bits per heavy atom. The van der Waals surface area contributed by atoms with Crippen LogP contribution in [0.15, 0.2) is 30.3 Å². The van der Waals surface area contributed by atoms with Crippen LogP contribution >= 0.6 is 0 Å². The maximum absolute atomic E-state index is 14.2. The average Bonchev–Trinajstić information content (AvgIpc) is 3.45. The molecule has 1 N–H and O–H groups in total. The lowest BCUT2D eigenvalue weighted by Gasteiger charge is -2.58. The van der Waals surface area contributed by atoms with Gasteiger partial charge in [-0.05, 0) is 62.3 Å². The van der Waals surface area contributed by atoms with Gasteiger partial charge in [0.2, 0.25) is 0 Å². The number of halogens is 1. The molecule has 2 aliphatic carbocycles. The van der Waals surface area contributed by atoms with Gasteiger partial charge in [0.25, 0.3) is 11.8 Å². The number of nitriles is 1. The molecular formula is C26H25FN3O2+. The molecule has 2 bridgehead atoms. The maximum atomic E-state index is 14.2. The van der Waals surface area contributed by atoms with Crippen molar-refractivity contribution in [1.29, 1.82) is 5.26 Å². The molecule has 4 aliphatic rings. The number of carbonyl (C=O) groups excluding carboxylic acids is 2. The van der Waals surface area contributed by atoms with Crippen LogP contribution in [0.5, 0.6) is 0 Å². The summed E-state index contributed by atoms with van der Waals surface area (Å²) in [6.45, 7) is 2.24. The van der Waals surface area contributed by atoms with E-state index in [1.165, 1.54) is 24.5 Å². The van der Waals surface area contributed by atoms with E-state index in [0.717, 1.165) is 17.7 Å². The lowest BCUT2D eigenvalue weighted by Crippen LogP contribution is -2.65. The number of benzene rings is 2. The molecule has 2 saturated carbocycles. The molecule has 2 aromatic rings. The van der Waals surface area contributed by atoms with Gasteiger partial charge >= 0.3 is 0 Å². The predicted octanol–water partition coefficient (Wildman–Crippen LogP) is 4.21. The predicted molar refractivity (Wildman–Crippen MR) is 117 cm³/mol. The van der Waals surface area contributed by atoms with E-state index < -0.39 is 11.4 Å². The summed E-state index contributed by atoms with van der Waals surface area (Å²) in [6.07, 6.45) is 3.50. The molecule has 6 heteroatoms. The molecule has 2 heterocycles. The molecule has 32 heavy (non-hydrogen) atoms. The summed E-state index contributed by atoms with van der Waals surface area (Å²) in [5.74, 6) is 0.501. The number of fused-ring (bicyclic) bond motifs is 8. The van der Waals surface area contributed by atoms with E-state index in [1.54, 1.807) is 6.07 Å². The first-order valence-electron chi connectivity index (χ1n) is 11.3. The highest BCUT2D eigenvalue weighted by Crippen LogP contribution is 2.68. The zero-order valence-electron chi connectivity index (χ0n) is 18.4. The minimum absolute atomic E-state index is 0.0631. The number of carbonyl (C=O) groups is 2. The van der Waals surface area contributed by atoms with Gasteiger partial charge in [0.05, 0.1) is 30.8 Å². The molecule has 0 radical (unpaired) electrons. The molecule has 5 atom stereocenters. The molecule has 1 unspecified atom stereocenters. The van der Waals surface area contributed by atoms with Crippen LogP contribution in [0.4, 0.5) is 10.1 Å². The Labute approximate surface area is 186 Å². The Morgan fingerprint density at radius 2 is 1.78 bits per heavy atom. The number of quaternary nitrogens is 1. The number of nitrogens with zero attached hydrogens (tertiary/aromatic N) is 2. The van der Waals surface area contributed by atoms with Crippen molar-refractivity contribution in [2.75, 3.05) is 14.1 Å². The van der Waals surface area contributed by atoms with E-state index >= 15 is 0 Å². The third kappa shape index (κ3) is 2.15. The Balaban J connectivity index is 1.65. The summed E-state index contributed by atoms with van der Waals surface area (Å²) in [5, 5.41) is 11.9. The molecule has 162 valence electrons. The van der Waals surface area contributed by atoms with Gasteiger partial charge in [-0.3, -0.25) is 19.4 Å². The number of hydrogen-bond acceptors (Lipinski definition) is 3. The van der Waals surface area contributed by atoms with Gasteiger partial charge < -0.3 is 0 Å². The van der Waals surface area contributed by atoms with Crippen molar-refractivity contribution < 1.29 is 14.0 Å². The van der Waals surface area contributed by atoms with Crippen molar-refractivity contribution in [2.45, 2.75) is 37.6 Å². The van der Waals surface area contributed by atoms with Crippen LogP contribution < -0.4 is 9.80 Å². The van der Waals surface area contributed by atoms with E-state index in [2.05, 4.69) is 26.3 Å². The lowest BCUT2D eigenvalue weighted by atomic mass is 9.59. The molecule has 0 spiro atoms. The van der Waals surface area contributed by atoms with Gasteiger partial charge in [0.1, 0.15) is 23.1 Å². The van der Waals surface area contributed by atoms with Gasteiger partial charge in [-0.1, -0.05) is 0 Å². The quantitative estimate of drug-likeness (QED) is 0.544. The molecule has 2 amide bonds. The van der Waals surface area contributed by atoms with Crippen molar-refractivity contribution in [1.82, 2.24) is 9.80 Å². The molecule has 2 aliphatic heterocycles. The second-order valence-electron chi connectivity index (χ2n) is 10.5. The van der Waals surface area contributed by atoms with E-state index in [1.807, 2.05) is 24.3 Å². The van der Waals surface area contributed by atoms with Crippen LogP contribution in [0, 0.1) is 34.9 Å². The Bertz CT molecular complexity index is 1280. The first-order valence-corrected chi connectivity index (χ1v) is 11.3. The summed E-state index contributed by atoms with van der Waals surface area (Å²) < 4.78 is 14.7. The van der Waals surface area contributed by atoms with E-state index in [4.69, 9.17) is 0 Å². The van der Waals surface area contributed by atoms with Gasteiger partial charge in [-0.15, -0.1) is 0 Å². The monoisotopic (exact) mass is 430 g/mol. The van der Waals surface area contributed by atoms with Crippen LogP contribution in [0.25, 0.3) is 0 Å². The van der Waals surface area contributed by atoms with Crippen LogP contribution in [0.2, 0.25) is 0 Å². The molecule has 5 nitrogen and oxygen atoms in total. The summed E-state index contributed by atoms with van der Waals surface area (Å²) in [6, 6.07) is 10.8. The summed E-state index contributed by atoms with van der Waals surface area (Å²) in [5.41, 5.74) is 3.73. The Morgan fingerprint density at radius 3 is 2.50 bits per heavy atom. The topological polar surface area (TPSA) is 70.0 Å². The largest absolute Gasteiger partial charge is 0.288 e. The van der Waals surface area contributed by atoms with Gasteiger partial charge in [-0.2, -0.15) is 5.26 Å². The SMILES string of the molecule is CC1(c2ccc(F)c(C#N)c2)[C@@H]2[C@H]3CC[C@H](C3)[C@@H]2c2cc3c(cc2[N+]1(C)C)C(=O)NC3=O. The van der Waals surface area contributed by atoms with Crippen molar-refractivity contribution in [2.24, 2.45) is 17.8 Å². The fourth-order valence-electron chi connectivity index (χ4n) is 7.58. The fourth-order valence-corrected chi connectivity index (χ4v) is 7.58. The van der Waals surface area contributed by atoms with Crippen LogP contribution in [0.1, 0.15) is 69.5 Å². The van der Waals surface area contributed by atoms with Crippen LogP contribution in [-0.2, 0) is 5.54 Å². The molecule has 0 saturated heterocycles. The highest BCUT2D eigenvalue weighted by molar-refractivity contribution is 6.22. The van der Waals surface area contributed by atoms with E-state index in [9.17, 15) is 19.2 Å². The second kappa shape index (κ2) is 6.05. The number of amides is 2. The van der Waals surface area contributed by atoms with Crippen LogP contribution in [-0.4, -0.2) is 25.9 Å². The number of nitrogens with one attached hydrogen (secondary N) is 1.